The van der Waals surface area contributed by atoms with Crippen LogP contribution in [0.4, 0.5) is 13.2 Å². The molecule has 1 aliphatic heterocycles. The molecule has 2 heterocycles. The van der Waals surface area contributed by atoms with Crippen molar-refractivity contribution >= 4 is 16.3 Å². The Morgan fingerprint density at radius 1 is 1.03 bits per heavy atom. The molecule has 2 N–H and O–H groups in total. The van der Waals surface area contributed by atoms with Crippen LogP contribution in [0.3, 0.4) is 0 Å². The predicted molar refractivity (Wildman–Crippen MR) is 115 cm³/mol. The Morgan fingerprint density at radius 2 is 1.63 bits per heavy atom. The third-order valence-electron chi connectivity index (χ3n) is 4.49. The van der Waals surface area contributed by atoms with Crippen molar-refractivity contribution in [2.45, 2.75) is 12.9 Å². The number of amides is 1. The summed E-state index contributed by atoms with van der Waals surface area (Å²) < 4.78 is 78.2. The first-order valence-electron chi connectivity index (χ1n) is 9.77. The fourth-order valence-electron chi connectivity index (χ4n) is 3.12. The molecule has 0 saturated heterocycles. The average Bonchev–Trinajstić information content (AvgIpc) is 2.91. The number of carbonyl (C=O) groups excluding carboxylic acids is 1. The molecule has 0 saturated carbocycles. The fraction of sp³-hybridized carbons (Fsp3) is 0.190. The zero-order valence-electron chi connectivity index (χ0n) is 17.7. The molecular weight excluding hydrogens is 495 g/mol. The zero-order valence-corrected chi connectivity index (χ0v) is 18.5. The molecule has 0 aliphatic carbocycles. The lowest BCUT2D eigenvalue weighted by atomic mass is 10.0. The Bertz CT molecular complexity index is 1260. The minimum atomic E-state index is -4.75. The molecule has 0 spiro atoms. The van der Waals surface area contributed by atoms with E-state index in [1.165, 1.54) is 24.3 Å². The number of hydrogen-bond donors (Lipinski definition) is 2. The summed E-state index contributed by atoms with van der Waals surface area (Å²) in [6, 6.07) is 12.3. The van der Waals surface area contributed by atoms with Gasteiger partial charge in [-0.05, 0) is 41.5 Å². The van der Waals surface area contributed by atoms with Gasteiger partial charge in [0.25, 0.3) is 5.91 Å². The van der Waals surface area contributed by atoms with Crippen molar-refractivity contribution in [3.8, 4) is 22.6 Å². The van der Waals surface area contributed by atoms with E-state index in [4.69, 9.17) is 22.3 Å². The van der Waals surface area contributed by atoms with Crippen LogP contribution < -0.4 is 9.47 Å². The smallest absolute Gasteiger partial charge is 0.491 e. The maximum atomic E-state index is 13.1. The number of aromatic nitrogens is 2. The second-order valence-corrected chi connectivity index (χ2v) is 7.87. The lowest BCUT2D eigenvalue weighted by molar-refractivity contribution is -0.274. The van der Waals surface area contributed by atoms with Crippen LogP contribution in [0.15, 0.2) is 60.9 Å². The van der Waals surface area contributed by atoms with Crippen molar-refractivity contribution in [3.63, 3.8) is 0 Å². The molecule has 0 fully saturated rings. The number of carbonyl (C=O) groups is 1. The van der Waals surface area contributed by atoms with Crippen molar-refractivity contribution in [1.82, 2.24) is 14.9 Å². The number of ether oxygens (including phenoxy) is 2. The standard InChI is InChI=1S/C21H16F3N3O3.H2O4S/c22-21(23,24)30-16-5-2-14(3-6-16)15-4-7-18-17(12-15)20(28)27(10-11-29-18)13-19-25-8-1-9-26-19;1-5(2,3)4/h1-9,12H,10-11,13H2;(H2,1,2,3,4). The van der Waals surface area contributed by atoms with E-state index in [0.29, 0.717) is 41.4 Å². The number of benzene rings is 2. The first-order chi connectivity index (χ1) is 16.4. The molecular formula is C21H18F3N3O7S. The molecule has 10 nitrogen and oxygen atoms in total. The minimum absolute atomic E-state index is 0.228. The molecule has 1 aliphatic rings. The molecule has 0 atom stereocenters. The monoisotopic (exact) mass is 513 g/mol. The molecule has 14 heteroatoms. The van der Waals surface area contributed by atoms with Crippen molar-refractivity contribution in [3.05, 3.63) is 72.3 Å². The number of alkyl halides is 3. The predicted octanol–water partition coefficient (Wildman–Crippen LogP) is 3.42. The molecule has 186 valence electrons. The lowest BCUT2D eigenvalue weighted by Crippen LogP contribution is -2.32. The van der Waals surface area contributed by atoms with Crippen LogP contribution in [0.1, 0.15) is 16.2 Å². The Hall–Kier alpha value is -3.75. The summed E-state index contributed by atoms with van der Waals surface area (Å²) >= 11 is 0. The van der Waals surface area contributed by atoms with Crippen LogP contribution in [-0.4, -0.2) is 57.8 Å². The summed E-state index contributed by atoms with van der Waals surface area (Å²) in [7, 11) is -4.67. The summed E-state index contributed by atoms with van der Waals surface area (Å²) in [6.07, 6.45) is -1.53. The number of hydrogen-bond acceptors (Lipinski definition) is 7. The van der Waals surface area contributed by atoms with Crippen LogP contribution >= 0.6 is 0 Å². The number of halogens is 3. The van der Waals surface area contributed by atoms with E-state index >= 15 is 0 Å². The average molecular weight is 513 g/mol. The van der Waals surface area contributed by atoms with E-state index in [0.717, 1.165) is 0 Å². The molecule has 3 aromatic rings. The maximum absolute atomic E-state index is 13.1. The minimum Gasteiger partial charge on any atom is -0.491 e. The van der Waals surface area contributed by atoms with Crippen molar-refractivity contribution < 1.29 is 45.0 Å². The van der Waals surface area contributed by atoms with Crippen LogP contribution in [0.25, 0.3) is 11.1 Å². The summed E-state index contributed by atoms with van der Waals surface area (Å²) in [6.45, 7) is 0.954. The lowest BCUT2D eigenvalue weighted by Gasteiger charge is -2.19. The Balaban J connectivity index is 0.000000623. The quantitative estimate of drug-likeness (QED) is 0.502. The second-order valence-electron chi connectivity index (χ2n) is 6.97. The van der Waals surface area contributed by atoms with Gasteiger partial charge in [0.15, 0.2) is 0 Å². The summed E-state index contributed by atoms with van der Waals surface area (Å²) in [5.74, 6) is 0.436. The molecule has 4 rings (SSSR count). The van der Waals surface area contributed by atoms with Gasteiger partial charge in [0, 0.05) is 12.4 Å². The van der Waals surface area contributed by atoms with Gasteiger partial charge in [-0.2, -0.15) is 8.42 Å². The van der Waals surface area contributed by atoms with Crippen LogP contribution in [0.2, 0.25) is 0 Å². The van der Waals surface area contributed by atoms with Crippen molar-refractivity contribution in [1.29, 1.82) is 0 Å². The first-order valence-corrected chi connectivity index (χ1v) is 11.2. The van der Waals surface area contributed by atoms with E-state index in [9.17, 15) is 18.0 Å². The van der Waals surface area contributed by atoms with E-state index in [-0.39, 0.29) is 18.2 Å². The Kier molecular flexibility index (Phi) is 7.89. The Labute approximate surface area is 197 Å². The van der Waals surface area contributed by atoms with E-state index in [1.807, 2.05) is 0 Å². The van der Waals surface area contributed by atoms with Gasteiger partial charge in [0.05, 0.1) is 18.7 Å². The Morgan fingerprint density at radius 3 is 2.23 bits per heavy atom. The topological polar surface area (TPSA) is 139 Å². The first kappa shape index (κ1) is 25.9. The highest BCUT2D eigenvalue weighted by molar-refractivity contribution is 7.79. The third-order valence-corrected chi connectivity index (χ3v) is 4.49. The highest BCUT2D eigenvalue weighted by Gasteiger charge is 2.31. The number of nitrogens with zero attached hydrogens (tertiary/aromatic N) is 3. The van der Waals surface area contributed by atoms with E-state index in [2.05, 4.69) is 14.7 Å². The normalized spacial score (nSPS) is 13.6. The van der Waals surface area contributed by atoms with Gasteiger partial charge in [0.1, 0.15) is 23.9 Å². The van der Waals surface area contributed by atoms with E-state index < -0.39 is 16.8 Å². The summed E-state index contributed by atoms with van der Waals surface area (Å²) in [5, 5.41) is 0. The molecule has 2 aromatic carbocycles. The number of fused-ring (bicyclic) bond motifs is 1. The molecule has 1 aromatic heterocycles. The van der Waals surface area contributed by atoms with Crippen LogP contribution in [0, 0.1) is 0 Å². The highest BCUT2D eigenvalue weighted by atomic mass is 32.3. The third kappa shape index (κ3) is 8.20. The van der Waals surface area contributed by atoms with Gasteiger partial charge >= 0.3 is 16.8 Å². The molecule has 0 radical (unpaired) electrons. The van der Waals surface area contributed by atoms with Gasteiger partial charge in [0.2, 0.25) is 0 Å². The molecule has 35 heavy (non-hydrogen) atoms. The maximum Gasteiger partial charge on any atom is 0.573 e. The van der Waals surface area contributed by atoms with Crippen LogP contribution in [-0.2, 0) is 16.9 Å². The van der Waals surface area contributed by atoms with Gasteiger partial charge in [-0.1, -0.05) is 18.2 Å². The molecule has 0 bridgehead atoms. The summed E-state index contributed by atoms with van der Waals surface area (Å²) in [5.41, 5.74) is 1.68. The van der Waals surface area contributed by atoms with Crippen molar-refractivity contribution in [2.75, 3.05) is 13.2 Å². The highest BCUT2D eigenvalue weighted by Crippen LogP contribution is 2.31. The fourth-order valence-corrected chi connectivity index (χ4v) is 3.12. The SMILES string of the molecule is O=C1c2cc(-c3ccc(OC(F)(F)F)cc3)ccc2OCCN1Cc1ncccn1.O=S(=O)(O)O. The van der Waals surface area contributed by atoms with Gasteiger partial charge in [-0.15, -0.1) is 13.2 Å². The zero-order chi connectivity index (χ0) is 25.6. The summed E-state index contributed by atoms with van der Waals surface area (Å²) in [4.78, 5) is 23.0. The molecule has 0 unspecified atom stereocenters. The van der Waals surface area contributed by atoms with Gasteiger partial charge in [-0.3, -0.25) is 13.9 Å². The van der Waals surface area contributed by atoms with Gasteiger partial charge < -0.3 is 14.4 Å². The number of rotatable bonds is 4. The second kappa shape index (κ2) is 10.7. The molecule has 1 amide bonds. The van der Waals surface area contributed by atoms with Crippen molar-refractivity contribution in [2.24, 2.45) is 0 Å². The van der Waals surface area contributed by atoms with E-state index in [1.54, 1.807) is 41.6 Å². The largest absolute Gasteiger partial charge is 0.573 e. The van der Waals surface area contributed by atoms with Crippen LogP contribution in [0.5, 0.6) is 11.5 Å². The van der Waals surface area contributed by atoms with Gasteiger partial charge in [-0.25, -0.2) is 9.97 Å².